The van der Waals surface area contributed by atoms with Gasteiger partial charge in [0.15, 0.2) is 0 Å². The Morgan fingerprint density at radius 2 is 1.75 bits per heavy atom. The predicted molar refractivity (Wildman–Crippen MR) is 72.3 cm³/mol. The summed E-state index contributed by atoms with van der Waals surface area (Å²) in [5.41, 5.74) is 3.48. The lowest BCUT2D eigenvalue weighted by Gasteiger charge is -2.18. The van der Waals surface area contributed by atoms with Crippen LogP contribution in [0.1, 0.15) is 26.2 Å². The summed E-state index contributed by atoms with van der Waals surface area (Å²) in [6.45, 7) is 16.5. The lowest BCUT2D eigenvalue weighted by molar-refractivity contribution is -0.934. The molecule has 0 aliphatic carbocycles. The van der Waals surface area contributed by atoms with Crippen molar-refractivity contribution in [1.82, 2.24) is 5.43 Å². The summed E-state index contributed by atoms with van der Waals surface area (Å²) in [6.07, 6.45) is 9.45. The second-order valence-electron chi connectivity index (χ2n) is 4.10. The summed E-state index contributed by atoms with van der Waals surface area (Å²) in [4.78, 5) is 0. The molecule has 92 valence electrons. The van der Waals surface area contributed by atoms with Crippen LogP contribution in [0.25, 0.3) is 0 Å². The SMILES string of the molecule is C=CCC(CC)CCN[NH+](CC=C)CC=C. The lowest BCUT2D eigenvalue weighted by Crippen LogP contribution is -3.18. The zero-order valence-corrected chi connectivity index (χ0v) is 10.7. The minimum Gasteiger partial charge on any atom is -0.251 e. The van der Waals surface area contributed by atoms with Gasteiger partial charge in [-0.3, -0.25) is 5.01 Å². The smallest absolute Gasteiger partial charge is 0.113 e. The van der Waals surface area contributed by atoms with Gasteiger partial charge in [-0.15, -0.1) is 6.58 Å². The van der Waals surface area contributed by atoms with E-state index < -0.39 is 0 Å². The number of hydrogen-bond acceptors (Lipinski definition) is 1. The molecule has 1 atom stereocenters. The summed E-state index contributed by atoms with van der Waals surface area (Å²) < 4.78 is 0. The summed E-state index contributed by atoms with van der Waals surface area (Å²) in [5.74, 6) is 0.763. The zero-order chi connectivity index (χ0) is 12.2. The molecule has 16 heavy (non-hydrogen) atoms. The van der Waals surface area contributed by atoms with E-state index in [1.807, 2.05) is 18.2 Å². The Hall–Kier alpha value is -0.860. The van der Waals surface area contributed by atoms with Crippen LogP contribution in [0.2, 0.25) is 0 Å². The van der Waals surface area contributed by atoms with Gasteiger partial charge in [0, 0.05) is 6.54 Å². The van der Waals surface area contributed by atoms with E-state index in [0.717, 1.165) is 32.0 Å². The molecule has 0 aliphatic heterocycles. The third-order valence-electron chi connectivity index (χ3n) is 2.79. The first-order valence-electron chi connectivity index (χ1n) is 6.19. The van der Waals surface area contributed by atoms with Crippen molar-refractivity contribution in [3.8, 4) is 0 Å². The Morgan fingerprint density at radius 3 is 2.19 bits per heavy atom. The molecule has 0 rings (SSSR count). The molecule has 0 spiro atoms. The van der Waals surface area contributed by atoms with Gasteiger partial charge in [-0.05, 0) is 30.9 Å². The highest BCUT2D eigenvalue weighted by molar-refractivity contribution is 4.72. The fraction of sp³-hybridized carbons (Fsp3) is 0.571. The summed E-state index contributed by atoms with van der Waals surface area (Å²) in [7, 11) is 0. The largest absolute Gasteiger partial charge is 0.251 e. The van der Waals surface area contributed by atoms with Gasteiger partial charge < -0.3 is 0 Å². The Kier molecular flexibility index (Phi) is 10.1. The third-order valence-corrected chi connectivity index (χ3v) is 2.79. The van der Waals surface area contributed by atoms with E-state index in [1.54, 1.807) is 0 Å². The fourth-order valence-electron chi connectivity index (χ4n) is 1.75. The molecule has 0 radical (unpaired) electrons. The van der Waals surface area contributed by atoms with Gasteiger partial charge in [0.1, 0.15) is 13.1 Å². The lowest BCUT2D eigenvalue weighted by atomic mass is 9.99. The van der Waals surface area contributed by atoms with Gasteiger partial charge in [0.05, 0.1) is 0 Å². The van der Waals surface area contributed by atoms with Crippen molar-refractivity contribution in [2.75, 3.05) is 19.6 Å². The van der Waals surface area contributed by atoms with Gasteiger partial charge in [-0.25, -0.2) is 0 Å². The maximum Gasteiger partial charge on any atom is 0.113 e. The molecule has 0 aromatic carbocycles. The second kappa shape index (κ2) is 10.7. The zero-order valence-electron chi connectivity index (χ0n) is 10.7. The molecular formula is C14H27N2+. The van der Waals surface area contributed by atoms with Crippen LogP contribution in [0.5, 0.6) is 0 Å². The second-order valence-corrected chi connectivity index (χ2v) is 4.10. The van der Waals surface area contributed by atoms with E-state index in [0.29, 0.717) is 0 Å². The maximum atomic E-state index is 3.80. The van der Waals surface area contributed by atoms with E-state index in [-0.39, 0.29) is 0 Å². The van der Waals surface area contributed by atoms with Crippen LogP contribution in [0, 0.1) is 5.92 Å². The highest BCUT2D eigenvalue weighted by Gasteiger charge is 2.07. The Balaban J connectivity index is 3.76. The molecule has 0 saturated heterocycles. The highest BCUT2D eigenvalue weighted by atomic mass is 15.5. The highest BCUT2D eigenvalue weighted by Crippen LogP contribution is 2.11. The fourth-order valence-corrected chi connectivity index (χ4v) is 1.75. The molecule has 0 aromatic rings. The van der Waals surface area contributed by atoms with Crippen molar-refractivity contribution in [3.05, 3.63) is 38.0 Å². The van der Waals surface area contributed by atoms with Crippen LogP contribution < -0.4 is 10.4 Å². The number of nitrogens with one attached hydrogen (secondary N) is 2. The minimum absolute atomic E-state index is 0.763. The Bertz CT molecular complexity index is 189. The van der Waals surface area contributed by atoms with Gasteiger partial charge >= 0.3 is 0 Å². The molecule has 0 heterocycles. The van der Waals surface area contributed by atoms with Gasteiger partial charge in [-0.2, -0.15) is 5.43 Å². The van der Waals surface area contributed by atoms with Crippen molar-refractivity contribution in [3.63, 3.8) is 0 Å². The molecule has 0 aliphatic rings. The molecule has 0 bridgehead atoms. The molecule has 0 fully saturated rings. The Morgan fingerprint density at radius 1 is 1.12 bits per heavy atom. The summed E-state index contributed by atoms with van der Waals surface area (Å²) >= 11 is 0. The topological polar surface area (TPSA) is 16.5 Å². The first kappa shape index (κ1) is 15.1. The molecular weight excluding hydrogens is 196 g/mol. The number of quaternary nitrogens is 1. The molecule has 0 aromatic heterocycles. The molecule has 2 heteroatoms. The van der Waals surface area contributed by atoms with Crippen LogP contribution in [-0.4, -0.2) is 19.6 Å². The van der Waals surface area contributed by atoms with E-state index in [1.165, 1.54) is 17.9 Å². The van der Waals surface area contributed by atoms with Crippen molar-refractivity contribution >= 4 is 0 Å². The monoisotopic (exact) mass is 223 g/mol. The van der Waals surface area contributed by atoms with Crippen molar-refractivity contribution < 1.29 is 5.01 Å². The minimum atomic E-state index is 0.763. The number of rotatable bonds is 11. The standard InChI is InChI=1S/C14H26N2/c1-5-9-14(8-4)10-11-15-16(12-6-2)13-7-3/h5-7,14-15H,1-3,8-13H2,4H3/p+1. The van der Waals surface area contributed by atoms with Crippen molar-refractivity contribution in [1.29, 1.82) is 0 Å². The van der Waals surface area contributed by atoms with E-state index in [9.17, 15) is 0 Å². The number of hydrogen-bond donors (Lipinski definition) is 2. The molecule has 2 nitrogen and oxygen atoms in total. The predicted octanol–water partition coefficient (Wildman–Crippen LogP) is 1.74. The maximum absolute atomic E-state index is 3.80. The average molecular weight is 223 g/mol. The van der Waals surface area contributed by atoms with E-state index in [2.05, 4.69) is 32.1 Å². The van der Waals surface area contributed by atoms with Crippen molar-refractivity contribution in [2.45, 2.75) is 26.2 Å². The third kappa shape index (κ3) is 7.43. The van der Waals surface area contributed by atoms with Crippen LogP contribution in [0.4, 0.5) is 0 Å². The summed E-state index contributed by atoms with van der Waals surface area (Å²) in [5, 5.41) is 1.32. The summed E-state index contributed by atoms with van der Waals surface area (Å²) in [6, 6.07) is 0. The van der Waals surface area contributed by atoms with Gasteiger partial charge in [0.25, 0.3) is 0 Å². The molecule has 0 saturated carbocycles. The molecule has 1 unspecified atom stereocenters. The molecule has 2 N–H and O–H groups in total. The molecule has 0 amide bonds. The van der Waals surface area contributed by atoms with E-state index in [4.69, 9.17) is 0 Å². The number of allylic oxidation sites excluding steroid dienone is 1. The van der Waals surface area contributed by atoms with Crippen LogP contribution in [0.3, 0.4) is 0 Å². The van der Waals surface area contributed by atoms with Gasteiger partial charge in [0.2, 0.25) is 0 Å². The van der Waals surface area contributed by atoms with Crippen LogP contribution in [0.15, 0.2) is 38.0 Å². The normalized spacial score (nSPS) is 12.4. The first-order valence-corrected chi connectivity index (χ1v) is 6.19. The van der Waals surface area contributed by atoms with Crippen molar-refractivity contribution in [2.24, 2.45) is 5.92 Å². The van der Waals surface area contributed by atoms with Crippen LogP contribution >= 0.6 is 0 Å². The average Bonchev–Trinajstić information content (AvgIpc) is 2.28. The Labute approximate surface area is 101 Å². The van der Waals surface area contributed by atoms with Gasteiger partial charge in [-0.1, -0.05) is 32.6 Å². The first-order chi connectivity index (χ1) is 7.78. The quantitative estimate of drug-likeness (QED) is 0.403. The van der Waals surface area contributed by atoms with Crippen LogP contribution in [-0.2, 0) is 0 Å². The van der Waals surface area contributed by atoms with E-state index >= 15 is 0 Å².